The van der Waals surface area contributed by atoms with Gasteiger partial charge in [-0.2, -0.15) is 11.8 Å². The van der Waals surface area contributed by atoms with Crippen molar-refractivity contribution in [1.82, 2.24) is 10.2 Å². The normalized spacial score (nSPS) is 22.2. The van der Waals surface area contributed by atoms with Gasteiger partial charge in [0.2, 0.25) is 0 Å². The van der Waals surface area contributed by atoms with E-state index < -0.39 is 0 Å². The minimum Gasteiger partial charge on any atom is -0.311 e. The van der Waals surface area contributed by atoms with Gasteiger partial charge in [-0.05, 0) is 43.7 Å². The monoisotopic (exact) mass is 258 g/mol. The maximum absolute atomic E-state index is 3.65. The lowest BCUT2D eigenvalue weighted by Gasteiger charge is -2.34. The summed E-state index contributed by atoms with van der Waals surface area (Å²) in [6.45, 7) is 9.65. The third kappa shape index (κ3) is 7.32. The second kappa shape index (κ2) is 9.23. The standard InChI is InChI=1S/C14H30N2S/c1-13(2)11-14-12-16(9-7-15-14)8-5-4-6-10-17-3/h13-15H,4-12H2,1-3H3. The minimum absolute atomic E-state index is 0.731. The van der Waals surface area contributed by atoms with Crippen LogP contribution in [0, 0.1) is 5.92 Å². The molecule has 1 heterocycles. The van der Waals surface area contributed by atoms with Gasteiger partial charge in [-0.1, -0.05) is 20.3 Å². The Labute approximate surface area is 112 Å². The lowest BCUT2D eigenvalue weighted by molar-refractivity contribution is 0.184. The highest BCUT2D eigenvalue weighted by molar-refractivity contribution is 7.98. The highest BCUT2D eigenvalue weighted by atomic mass is 32.2. The van der Waals surface area contributed by atoms with Gasteiger partial charge < -0.3 is 10.2 Å². The van der Waals surface area contributed by atoms with E-state index in [2.05, 4.69) is 30.3 Å². The van der Waals surface area contributed by atoms with Gasteiger partial charge in [0, 0.05) is 25.7 Å². The van der Waals surface area contributed by atoms with Gasteiger partial charge in [-0.15, -0.1) is 0 Å². The van der Waals surface area contributed by atoms with Gasteiger partial charge in [0.1, 0.15) is 0 Å². The molecule has 0 radical (unpaired) electrons. The molecular formula is C14H30N2S. The number of piperazine rings is 1. The molecule has 0 spiro atoms. The summed E-state index contributed by atoms with van der Waals surface area (Å²) in [4.78, 5) is 2.66. The number of thioether (sulfide) groups is 1. The number of unbranched alkanes of at least 4 members (excludes halogenated alkanes) is 2. The first-order valence-electron chi connectivity index (χ1n) is 7.17. The Balaban J connectivity index is 2.08. The molecule has 2 nitrogen and oxygen atoms in total. The van der Waals surface area contributed by atoms with E-state index in [0.717, 1.165) is 12.0 Å². The molecular weight excluding hydrogens is 228 g/mol. The van der Waals surface area contributed by atoms with Crippen LogP contribution >= 0.6 is 11.8 Å². The lowest BCUT2D eigenvalue weighted by atomic mass is 10.0. The smallest absolute Gasteiger partial charge is 0.0197 e. The van der Waals surface area contributed by atoms with Crippen LogP contribution in [0.3, 0.4) is 0 Å². The molecule has 0 saturated carbocycles. The van der Waals surface area contributed by atoms with Crippen molar-refractivity contribution in [2.45, 2.75) is 45.6 Å². The third-order valence-electron chi connectivity index (χ3n) is 3.42. The van der Waals surface area contributed by atoms with Crippen LogP contribution in [-0.4, -0.2) is 49.1 Å². The molecule has 0 amide bonds. The summed E-state index contributed by atoms with van der Waals surface area (Å²) in [7, 11) is 0. The molecule has 1 N–H and O–H groups in total. The van der Waals surface area contributed by atoms with E-state index in [4.69, 9.17) is 0 Å². The first-order valence-corrected chi connectivity index (χ1v) is 8.56. The maximum Gasteiger partial charge on any atom is 0.0197 e. The van der Waals surface area contributed by atoms with Crippen molar-refractivity contribution in [2.75, 3.05) is 38.2 Å². The van der Waals surface area contributed by atoms with Gasteiger partial charge in [-0.3, -0.25) is 0 Å². The third-order valence-corrected chi connectivity index (χ3v) is 4.12. The zero-order valence-corrected chi connectivity index (χ0v) is 12.7. The molecule has 0 aliphatic carbocycles. The first-order chi connectivity index (χ1) is 8.22. The Bertz CT molecular complexity index is 185. The molecule has 0 bridgehead atoms. The van der Waals surface area contributed by atoms with E-state index in [0.29, 0.717) is 0 Å². The average molecular weight is 258 g/mol. The molecule has 1 aliphatic rings. The largest absolute Gasteiger partial charge is 0.311 e. The van der Waals surface area contributed by atoms with Crippen LogP contribution in [0.2, 0.25) is 0 Å². The van der Waals surface area contributed by atoms with Gasteiger partial charge >= 0.3 is 0 Å². The van der Waals surface area contributed by atoms with Crippen LogP contribution < -0.4 is 5.32 Å². The van der Waals surface area contributed by atoms with E-state index in [-0.39, 0.29) is 0 Å². The maximum atomic E-state index is 3.65. The summed E-state index contributed by atoms with van der Waals surface area (Å²) in [5.74, 6) is 2.14. The molecule has 1 unspecified atom stereocenters. The molecule has 1 atom stereocenters. The highest BCUT2D eigenvalue weighted by Gasteiger charge is 2.19. The van der Waals surface area contributed by atoms with Crippen molar-refractivity contribution in [1.29, 1.82) is 0 Å². The molecule has 1 saturated heterocycles. The number of hydrogen-bond acceptors (Lipinski definition) is 3. The summed E-state index contributed by atoms with van der Waals surface area (Å²) in [5.41, 5.74) is 0. The van der Waals surface area contributed by atoms with E-state index >= 15 is 0 Å². The summed E-state index contributed by atoms with van der Waals surface area (Å²) >= 11 is 1.97. The molecule has 1 aliphatic heterocycles. The Morgan fingerprint density at radius 3 is 2.82 bits per heavy atom. The van der Waals surface area contributed by atoms with Gasteiger partial charge in [0.15, 0.2) is 0 Å². The average Bonchev–Trinajstić information content (AvgIpc) is 2.28. The molecule has 3 heteroatoms. The molecule has 0 aromatic rings. The van der Waals surface area contributed by atoms with Crippen LogP contribution in [0.5, 0.6) is 0 Å². The summed E-state index contributed by atoms with van der Waals surface area (Å²) in [6, 6.07) is 0.731. The van der Waals surface area contributed by atoms with Gasteiger partial charge in [-0.25, -0.2) is 0 Å². The highest BCUT2D eigenvalue weighted by Crippen LogP contribution is 2.11. The fourth-order valence-corrected chi connectivity index (χ4v) is 3.08. The zero-order chi connectivity index (χ0) is 12.5. The predicted molar refractivity (Wildman–Crippen MR) is 79.9 cm³/mol. The first kappa shape index (κ1) is 15.3. The SMILES string of the molecule is CSCCCCCN1CCNC(CC(C)C)C1. The predicted octanol–water partition coefficient (Wildman–Crippen LogP) is 2.84. The zero-order valence-electron chi connectivity index (χ0n) is 11.9. The van der Waals surface area contributed by atoms with Crippen molar-refractivity contribution in [3.05, 3.63) is 0 Å². The van der Waals surface area contributed by atoms with E-state index in [1.807, 2.05) is 11.8 Å². The Morgan fingerprint density at radius 1 is 1.29 bits per heavy atom. The van der Waals surface area contributed by atoms with Crippen molar-refractivity contribution >= 4 is 11.8 Å². The van der Waals surface area contributed by atoms with Crippen LogP contribution in [-0.2, 0) is 0 Å². The van der Waals surface area contributed by atoms with Crippen LogP contribution in [0.4, 0.5) is 0 Å². The number of nitrogens with zero attached hydrogens (tertiary/aromatic N) is 1. The molecule has 17 heavy (non-hydrogen) atoms. The van der Waals surface area contributed by atoms with E-state index in [1.54, 1.807) is 0 Å². The molecule has 1 rings (SSSR count). The van der Waals surface area contributed by atoms with Crippen LogP contribution in [0.1, 0.15) is 39.5 Å². The van der Waals surface area contributed by atoms with Gasteiger partial charge in [0.05, 0.1) is 0 Å². The molecule has 102 valence electrons. The Kier molecular flexibility index (Phi) is 8.33. The van der Waals surface area contributed by atoms with Crippen molar-refractivity contribution in [3.8, 4) is 0 Å². The van der Waals surface area contributed by atoms with E-state index in [9.17, 15) is 0 Å². The van der Waals surface area contributed by atoms with Crippen molar-refractivity contribution in [2.24, 2.45) is 5.92 Å². The van der Waals surface area contributed by atoms with Crippen LogP contribution in [0.15, 0.2) is 0 Å². The van der Waals surface area contributed by atoms with Crippen molar-refractivity contribution in [3.63, 3.8) is 0 Å². The van der Waals surface area contributed by atoms with Crippen LogP contribution in [0.25, 0.3) is 0 Å². The summed E-state index contributed by atoms with van der Waals surface area (Å²) in [6.07, 6.45) is 7.70. The second-order valence-electron chi connectivity index (χ2n) is 5.63. The van der Waals surface area contributed by atoms with Crippen molar-refractivity contribution < 1.29 is 0 Å². The fourth-order valence-electron chi connectivity index (χ4n) is 2.58. The molecule has 0 aromatic heterocycles. The fraction of sp³-hybridized carbons (Fsp3) is 1.00. The summed E-state index contributed by atoms with van der Waals surface area (Å²) in [5, 5.41) is 3.65. The summed E-state index contributed by atoms with van der Waals surface area (Å²) < 4.78 is 0. The van der Waals surface area contributed by atoms with Gasteiger partial charge in [0.25, 0.3) is 0 Å². The number of hydrogen-bond donors (Lipinski definition) is 1. The number of rotatable bonds is 8. The Morgan fingerprint density at radius 2 is 2.12 bits per heavy atom. The topological polar surface area (TPSA) is 15.3 Å². The Hall–Kier alpha value is 0.270. The molecule has 0 aromatic carbocycles. The minimum atomic E-state index is 0.731. The second-order valence-corrected chi connectivity index (χ2v) is 6.62. The van der Waals surface area contributed by atoms with E-state index in [1.165, 1.54) is 57.6 Å². The number of nitrogens with one attached hydrogen (secondary N) is 1. The lowest BCUT2D eigenvalue weighted by Crippen LogP contribution is -2.51. The quantitative estimate of drug-likeness (QED) is 0.674. The molecule has 1 fully saturated rings.